The lowest BCUT2D eigenvalue weighted by Crippen LogP contribution is -2.39. The van der Waals surface area contributed by atoms with E-state index in [9.17, 15) is 4.79 Å². The Kier molecular flexibility index (Phi) is 4.20. The molecule has 0 N–H and O–H groups in total. The van der Waals surface area contributed by atoms with Crippen LogP contribution in [0, 0.1) is 5.41 Å². The number of hydrogen-bond acceptors (Lipinski definition) is 5. The first kappa shape index (κ1) is 16.0. The normalized spacial score (nSPS) is 11.5. The summed E-state index contributed by atoms with van der Waals surface area (Å²) in [6.07, 6.45) is 1.66. The van der Waals surface area contributed by atoms with Crippen molar-refractivity contribution in [3.63, 3.8) is 0 Å². The van der Waals surface area contributed by atoms with Gasteiger partial charge in [-0.05, 0) is 29.7 Å². The van der Waals surface area contributed by atoms with Crippen LogP contribution in [0.2, 0.25) is 0 Å². The topological polar surface area (TPSA) is 71.9 Å². The van der Waals surface area contributed by atoms with Crippen molar-refractivity contribution >= 4 is 22.8 Å². The van der Waals surface area contributed by atoms with Crippen molar-refractivity contribution in [2.24, 2.45) is 5.41 Å². The van der Waals surface area contributed by atoms with Crippen molar-refractivity contribution in [2.75, 3.05) is 11.4 Å². The lowest BCUT2D eigenvalue weighted by atomic mass is 9.96. The molecule has 0 unspecified atom stereocenters. The molecule has 1 aromatic carbocycles. The minimum Gasteiger partial charge on any atom is -0.289 e. The molecular formula is C18H19N5O. The monoisotopic (exact) mass is 321 g/mol. The van der Waals surface area contributed by atoms with E-state index in [-0.39, 0.29) is 17.1 Å². The smallest absolute Gasteiger partial charge is 0.289 e. The van der Waals surface area contributed by atoms with Gasteiger partial charge in [0.25, 0.3) is 5.91 Å². The van der Waals surface area contributed by atoms with E-state index in [1.165, 1.54) is 0 Å². The number of amides is 1. The third-order valence-corrected chi connectivity index (χ3v) is 3.36. The molecule has 0 radical (unpaired) electrons. The maximum Gasteiger partial charge on any atom is 0.299 e. The van der Waals surface area contributed by atoms with E-state index in [2.05, 4.69) is 40.9 Å². The van der Waals surface area contributed by atoms with Gasteiger partial charge in [0.1, 0.15) is 11.3 Å². The molecule has 122 valence electrons. The Morgan fingerprint density at radius 2 is 1.71 bits per heavy atom. The molecule has 0 bridgehead atoms. The molecular weight excluding hydrogens is 302 g/mol. The standard InChI is InChI=1S/C18H19N5O/c1-18(2,3)12-23(15-10-6-7-11-19-15)17(24)16-20-13-8-4-5-9-14(13)21-22-16/h4-11H,12H2,1-3H3. The maximum atomic E-state index is 13.0. The fourth-order valence-corrected chi connectivity index (χ4v) is 2.34. The first-order chi connectivity index (χ1) is 11.4. The molecule has 1 amide bonds. The summed E-state index contributed by atoms with van der Waals surface area (Å²) in [4.78, 5) is 23.3. The van der Waals surface area contributed by atoms with Gasteiger partial charge in [0.15, 0.2) is 0 Å². The molecule has 2 aromatic heterocycles. The van der Waals surface area contributed by atoms with Crippen molar-refractivity contribution in [3.8, 4) is 0 Å². The van der Waals surface area contributed by atoms with Gasteiger partial charge in [0.05, 0.1) is 5.52 Å². The Balaban J connectivity index is 2.00. The predicted molar refractivity (Wildman–Crippen MR) is 92.7 cm³/mol. The van der Waals surface area contributed by atoms with Crippen LogP contribution in [0.1, 0.15) is 31.4 Å². The van der Waals surface area contributed by atoms with Gasteiger partial charge < -0.3 is 0 Å². The fourth-order valence-electron chi connectivity index (χ4n) is 2.34. The van der Waals surface area contributed by atoms with E-state index < -0.39 is 0 Å². The molecule has 24 heavy (non-hydrogen) atoms. The van der Waals surface area contributed by atoms with Crippen LogP contribution in [-0.4, -0.2) is 32.6 Å². The number of carbonyl (C=O) groups excluding carboxylic acids is 1. The number of rotatable bonds is 3. The van der Waals surface area contributed by atoms with Gasteiger partial charge in [0, 0.05) is 12.7 Å². The average Bonchev–Trinajstić information content (AvgIpc) is 2.58. The number of para-hydroxylation sites is 1. The predicted octanol–water partition coefficient (Wildman–Crippen LogP) is 3.11. The molecule has 2 heterocycles. The molecule has 0 saturated carbocycles. The van der Waals surface area contributed by atoms with Gasteiger partial charge in [-0.15, -0.1) is 10.2 Å². The highest BCUT2D eigenvalue weighted by Gasteiger charge is 2.26. The minimum atomic E-state index is -0.304. The lowest BCUT2D eigenvalue weighted by molar-refractivity contribution is 0.0966. The van der Waals surface area contributed by atoms with Crippen LogP contribution >= 0.6 is 0 Å². The van der Waals surface area contributed by atoms with Gasteiger partial charge in [-0.2, -0.15) is 0 Å². The Hall–Kier alpha value is -2.89. The van der Waals surface area contributed by atoms with Gasteiger partial charge in [-0.3, -0.25) is 9.69 Å². The summed E-state index contributed by atoms with van der Waals surface area (Å²) in [6.45, 7) is 6.69. The highest BCUT2D eigenvalue weighted by molar-refractivity contribution is 6.03. The second-order valence-corrected chi connectivity index (χ2v) is 6.76. The Morgan fingerprint density at radius 1 is 1.00 bits per heavy atom. The van der Waals surface area contributed by atoms with Crippen LogP contribution in [-0.2, 0) is 0 Å². The molecule has 6 heteroatoms. The minimum absolute atomic E-state index is 0.0728. The van der Waals surface area contributed by atoms with E-state index in [0.717, 1.165) is 0 Å². The van der Waals surface area contributed by atoms with Crippen molar-refractivity contribution in [1.82, 2.24) is 20.2 Å². The lowest BCUT2D eigenvalue weighted by Gasteiger charge is -2.28. The van der Waals surface area contributed by atoms with E-state index in [4.69, 9.17) is 0 Å². The SMILES string of the molecule is CC(C)(C)CN(C(=O)c1nnc2ccccc2n1)c1ccccn1. The average molecular weight is 321 g/mol. The van der Waals surface area contributed by atoms with Gasteiger partial charge in [0.2, 0.25) is 5.82 Å². The number of fused-ring (bicyclic) bond motifs is 1. The number of pyridine rings is 1. The molecule has 3 rings (SSSR count). The second-order valence-electron chi connectivity index (χ2n) is 6.76. The van der Waals surface area contributed by atoms with E-state index >= 15 is 0 Å². The molecule has 0 spiro atoms. The van der Waals surface area contributed by atoms with Crippen LogP contribution in [0.4, 0.5) is 5.82 Å². The van der Waals surface area contributed by atoms with Crippen LogP contribution in [0.5, 0.6) is 0 Å². The summed E-state index contributed by atoms with van der Waals surface area (Å²) in [6, 6.07) is 12.8. The van der Waals surface area contributed by atoms with E-state index in [1.54, 1.807) is 17.2 Å². The number of aromatic nitrogens is 4. The highest BCUT2D eigenvalue weighted by Crippen LogP contribution is 2.21. The van der Waals surface area contributed by atoms with E-state index in [1.807, 2.05) is 36.4 Å². The molecule has 3 aromatic rings. The van der Waals surface area contributed by atoms with Crippen molar-refractivity contribution in [3.05, 3.63) is 54.5 Å². The Morgan fingerprint density at radius 3 is 2.38 bits per heavy atom. The number of nitrogens with zero attached hydrogens (tertiary/aromatic N) is 5. The third kappa shape index (κ3) is 3.53. The first-order valence-electron chi connectivity index (χ1n) is 7.76. The van der Waals surface area contributed by atoms with Crippen LogP contribution < -0.4 is 4.90 Å². The number of hydrogen-bond donors (Lipinski definition) is 0. The summed E-state index contributed by atoms with van der Waals surface area (Å²) in [5.41, 5.74) is 1.21. The van der Waals surface area contributed by atoms with Gasteiger partial charge >= 0.3 is 0 Å². The van der Waals surface area contributed by atoms with Gasteiger partial charge in [-0.25, -0.2) is 9.97 Å². The quantitative estimate of drug-likeness (QED) is 0.741. The Labute approximate surface area is 140 Å². The molecule has 0 atom stereocenters. The largest absolute Gasteiger partial charge is 0.299 e. The molecule has 0 fully saturated rings. The van der Waals surface area contributed by atoms with Crippen molar-refractivity contribution in [2.45, 2.75) is 20.8 Å². The number of carbonyl (C=O) groups is 1. The number of anilines is 1. The van der Waals surface area contributed by atoms with Gasteiger partial charge in [-0.1, -0.05) is 39.0 Å². The Bertz CT molecular complexity index is 858. The van der Waals surface area contributed by atoms with Crippen LogP contribution in [0.25, 0.3) is 11.0 Å². The fraction of sp³-hybridized carbons (Fsp3) is 0.278. The zero-order chi connectivity index (χ0) is 17.2. The summed E-state index contributed by atoms with van der Waals surface area (Å²) in [5.74, 6) is 0.347. The summed E-state index contributed by atoms with van der Waals surface area (Å²) < 4.78 is 0. The van der Waals surface area contributed by atoms with Crippen molar-refractivity contribution in [1.29, 1.82) is 0 Å². The maximum absolute atomic E-state index is 13.0. The van der Waals surface area contributed by atoms with Crippen LogP contribution in [0.15, 0.2) is 48.7 Å². The van der Waals surface area contributed by atoms with Crippen LogP contribution in [0.3, 0.4) is 0 Å². The van der Waals surface area contributed by atoms with E-state index in [0.29, 0.717) is 23.4 Å². The summed E-state index contributed by atoms with van der Waals surface area (Å²) >= 11 is 0. The number of benzene rings is 1. The molecule has 0 aliphatic carbocycles. The molecule has 0 saturated heterocycles. The zero-order valence-electron chi connectivity index (χ0n) is 14.0. The zero-order valence-corrected chi connectivity index (χ0v) is 14.0. The molecule has 0 aliphatic rings. The molecule has 0 aliphatic heterocycles. The third-order valence-electron chi connectivity index (χ3n) is 3.36. The van der Waals surface area contributed by atoms with Crippen molar-refractivity contribution < 1.29 is 4.79 Å². The summed E-state index contributed by atoms with van der Waals surface area (Å²) in [7, 11) is 0. The first-order valence-corrected chi connectivity index (χ1v) is 7.76. The summed E-state index contributed by atoms with van der Waals surface area (Å²) in [5, 5.41) is 8.10. The molecule has 6 nitrogen and oxygen atoms in total. The highest BCUT2D eigenvalue weighted by atomic mass is 16.2. The second kappa shape index (κ2) is 6.31.